The summed E-state index contributed by atoms with van der Waals surface area (Å²) in [4.78, 5) is 25.6. The van der Waals surface area contributed by atoms with Gasteiger partial charge >= 0.3 is 5.69 Å². The highest BCUT2D eigenvalue weighted by molar-refractivity contribution is 6.00. The molecule has 158 valence electrons. The molecule has 2 N–H and O–H groups in total. The first-order valence-electron chi connectivity index (χ1n) is 10.7. The van der Waals surface area contributed by atoms with Crippen molar-refractivity contribution in [1.82, 2.24) is 19.7 Å². The molecule has 1 aliphatic heterocycles. The molecule has 1 aromatic carbocycles. The second-order valence-electron chi connectivity index (χ2n) is 8.33. The quantitative estimate of drug-likeness (QED) is 0.750. The third-order valence-electron chi connectivity index (χ3n) is 5.46. The van der Waals surface area contributed by atoms with E-state index in [-0.39, 0.29) is 17.6 Å². The summed E-state index contributed by atoms with van der Waals surface area (Å²) in [7, 11) is 0. The molecule has 0 radical (unpaired) electrons. The number of hydrogen-bond donors (Lipinski definition) is 2. The summed E-state index contributed by atoms with van der Waals surface area (Å²) >= 11 is 0. The monoisotopic (exact) mass is 399 g/mol. The molecule has 7 heteroatoms. The number of carbonyl (C=O) groups is 1. The van der Waals surface area contributed by atoms with Gasteiger partial charge in [-0.1, -0.05) is 25.5 Å². The van der Waals surface area contributed by atoms with E-state index in [9.17, 15) is 9.59 Å². The minimum atomic E-state index is -0.0662. The van der Waals surface area contributed by atoms with Crippen molar-refractivity contribution in [2.75, 3.05) is 11.9 Å². The first kappa shape index (κ1) is 21.1. The maximum atomic E-state index is 12.9. The van der Waals surface area contributed by atoms with E-state index >= 15 is 0 Å². The number of fused-ring (bicyclic) bond motifs is 1. The largest absolute Gasteiger partial charge is 0.385 e. The summed E-state index contributed by atoms with van der Waals surface area (Å²) in [6, 6.07) is 5.91. The van der Waals surface area contributed by atoms with E-state index in [1.165, 1.54) is 0 Å². The number of aryl methyl sites for hydroxylation is 3. The molecule has 1 aromatic heterocycles. The van der Waals surface area contributed by atoms with Crippen molar-refractivity contribution in [3.8, 4) is 0 Å². The average Bonchev–Trinajstić information content (AvgIpc) is 2.84. The van der Waals surface area contributed by atoms with Crippen LogP contribution in [0.2, 0.25) is 0 Å². The van der Waals surface area contributed by atoms with Gasteiger partial charge in [0.05, 0.1) is 5.56 Å². The summed E-state index contributed by atoms with van der Waals surface area (Å²) < 4.78 is 3.38. The highest BCUT2D eigenvalue weighted by atomic mass is 16.2. The molecule has 2 aromatic rings. The molecule has 29 heavy (non-hydrogen) atoms. The fourth-order valence-electron chi connectivity index (χ4n) is 3.75. The molecule has 0 aliphatic carbocycles. The van der Waals surface area contributed by atoms with Gasteiger partial charge in [-0.05, 0) is 51.2 Å². The lowest BCUT2D eigenvalue weighted by Gasteiger charge is -2.18. The molecule has 2 heterocycles. The first-order chi connectivity index (χ1) is 13.9. The minimum absolute atomic E-state index is 0.0271. The summed E-state index contributed by atoms with van der Waals surface area (Å²) in [5.41, 5.74) is 2.55. The van der Waals surface area contributed by atoms with E-state index in [1.54, 1.807) is 9.25 Å². The number of aromatic nitrogens is 3. The molecule has 7 nitrogen and oxygen atoms in total. The minimum Gasteiger partial charge on any atom is -0.385 e. The number of carbonyl (C=O) groups excluding carboxylic acids is 1. The molecule has 0 bridgehead atoms. The van der Waals surface area contributed by atoms with Crippen LogP contribution in [0, 0.1) is 12.8 Å². The average molecular weight is 400 g/mol. The Bertz CT molecular complexity index is 912. The van der Waals surface area contributed by atoms with Crippen LogP contribution in [0.4, 0.5) is 5.69 Å². The number of nitrogens with one attached hydrogen (secondary N) is 2. The van der Waals surface area contributed by atoms with Crippen LogP contribution in [0.25, 0.3) is 0 Å². The van der Waals surface area contributed by atoms with Crippen molar-refractivity contribution in [2.45, 2.75) is 72.5 Å². The normalized spacial score (nSPS) is 16.4. The van der Waals surface area contributed by atoms with E-state index < -0.39 is 0 Å². The fourth-order valence-corrected chi connectivity index (χ4v) is 3.75. The summed E-state index contributed by atoms with van der Waals surface area (Å²) in [5, 5.41) is 11.0. The van der Waals surface area contributed by atoms with Crippen molar-refractivity contribution in [2.24, 2.45) is 5.92 Å². The van der Waals surface area contributed by atoms with Gasteiger partial charge in [-0.2, -0.15) is 5.10 Å². The third kappa shape index (κ3) is 5.08. The van der Waals surface area contributed by atoms with Gasteiger partial charge in [0.1, 0.15) is 5.82 Å². The molecule has 1 unspecified atom stereocenters. The van der Waals surface area contributed by atoms with Crippen molar-refractivity contribution in [3.63, 3.8) is 0 Å². The van der Waals surface area contributed by atoms with Gasteiger partial charge in [0.25, 0.3) is 5.91 Å². The van der Waals surface area contributed by atoms with Gasteiger partial charge in [-0.25, -0.2) is 9.48 Å². The van der Waals surface area contributed by atoms with E-state index in [1.807, 2.05) is 32.0 Å². The Morgan fingerprint density at radius 3 is 2.83 bits per heavy atom. The van der Waals surface area contributed by atoms with E-state index in [0.717, 1.165) is 42.9 Å². The van der Waals surface area contributed by atoms with Gasteiger partial charge in [-0.3, -0.25) is 9.36 Å². The standard InChI is InChI=1S/C22H33N5O2/c1-5-23-19-8-6-16(4)14-18(19)21(28)24-17-7-9-20-25-27(13-10-15(2)3)22(29)26(20)12-11-17/h6,8,14-15,17,23H,5,7,9-13H2,1-4H3,(H,24,28). The van der Waals surface area contributed by atoms with Crippen LogP contribution < -0.4 is 16.3 Å². The maximum absolute atomic E-state index is 12.9. The second-order valence-corrected chi connectivity index (χ2v) is 8.33. The van der Waals surface area contributed by atoms with E-state index in [0.29, 0.717) is 31.0 Å². The van der Waals surface area contributed by atoms with Crippen LogP contribution in [0.3, 0.4) is 0 Å². The number of anilines is 1. The van der Waals surface area contributed by atoms with Crippen LogP contribution >= 0.6 is 0 Å². The molecule has 0 saturated carbocycles. The molecule has 0 spiro atoms. The Balaban J connectivity index is 1.67. The summed E-state index contributed by atoms with van der Waals surface area (Å²) in [5.74, 6) is 1.31. The van der Waals surface area contributed by atoms with Gasteiger partial charge in [0, 0.05) is 37.8 Å². The number of benzene rings is 1. The Labute approximate surface area is 172 Å². The number of rotatable bonds is 7. The van der Waals surface area contributed by atoms with Crippen LogP contribution in [0.15, 0.2) is 23.0 Å². The van der Waals surface area contributed by atoms with Crippen molar-refractivity contribution < 1.29 is 4.79 Å². The molecule has 0 saturated heterocycles. The fraction of sp³-hybridized carbons (Fsp3) is 0.591. The Morgan fingerprint density at radius 2 is 2.10 bits per heavy atom. The van der Waals surface area contributed by atoms with Gasteiger partial charge in [-0.15, -0.1) is 0 Å². The molecule has 1 aliphatic rings. The molecular formula is C22H33N5O2. The third-order valence-corrected chi connectivity index (χ3v) is 5.46. The van der Waals surface area contributed by atoms with Gasteiger partial charge < -0.3 is 10.6 Å². The highest BCUT2D eigenvalue weighted by Gasteiger charge is 2.23. The van der Waals surface area contributed by atoms with E-state index in [4.69, 9.17) is 0 Å². The zero-order chi connectivity index (χ0) is 21.0. The second kappa shape index (κ2) is 9.29. The lowest BCUT2D eigenvalue weighted by Crippen LogP contribution is -2.36. The predicted molar refractivity (Wildman–Crippen MR) is 115 cm³/mol. The SMILES string of the molecule is CCNc1ccc(C)cc1C(=O)NC1CCc2nn(CCC(C)C)c(=O)n2CC1. The van der Waals surface area contributed by atoms with Crippen LogP contribution in [0.1, 0.15) is 61.8 Å². The Hall–Kier alpha value is -2.57. The Kier molecular flexibility index (Phi) is 6.77. The molecule has 1 atom stereocenters. The number of amides is 1. The zero-order valence-electron chi connectivity index (χ0n) is 18.0. The smallest absolute Gasteiger partial charge is 0.345 e. The van der Waals surface area contributed by atoms with Crippen molar-refractivity contribution >= 4 is 11.6 Å². The first-order valence-corrected chi connectivity index (χ1v) is 10.7. The zero-order valence-corrected chi connectivity index (χ0v) is 18.0. The lowest BCUT2D eigenvalue weighted by molar-refractivity contribution is 0.0933. The topological polar surface area (TPSA) is 81.0 Å². The number of nitrogens with zero attached hydrogens (tertiary/aromatic N) is 3. The molecule has 1 amide bonds. The predicted octanol–water partition coefficient (Wildman–Crippen LogP) is 2.97. The number of hydrogen-bond acceptors (Lipinski definition) is 4. The molecule has 0 fully saturated rings. The summed E-state index contributed by atoms with van der Waals surface area (Å²) in [6.45, 7) is 10.3. The van der Waals surface area contributed by atoms with E-state index in [2.05, 4.69) is 29.6 Å². The highest BCUT2D eigenvalue weighted by Crippen LogP contribution is 2.19. The van der Waals surface area contributed by atoms with Crippen LogP contribution in [-0.4, -0.2) is 32.8 Å². The Morgan fingerprint density at radius 1 is 1.31 bits per heavy atom. The van der Waals surface area contributed by atoms with Crippen LogP contribution in [-0.2, 0) is 19.5 Å². The molecule has 3 rings (SSSR count). The lowest BCUT2D eigenvalue weighted by atomic mass is 10.1. The van der Waals surface area contributed by atoms with Crippen molar-refractivity contribution in [3.05, 3.63) is 45.6 Å². The van der Waals surface area contributed by atoms with Crippen LogP contribution in [0.5, 0.6) is 0 Å². The summed E-state index contributed by atoms with van der Waals surface area (Å²) in [6.07, 6.45) is 3.16. The van der Waals surface area contributed by atoms with Gasteiger partial charge in [0.15, 0.2) is 0 Å². The molecular weight excluding hydrogens is 366 g/mol. The maximum Gasteiger partial charge on any atom is 0.345 e. The van der Waals surface area contributed by atoms with Crippen molar-refractivity contribution in [1.29, 1.82) is 0 Å². The van der Waals surface area contributed by atoms with Gasteiger partial charge in [0.2, 0.25) is 0 Å².